The van der Waals surface area contributed by atoms with Crippen molar-refractivity contribution in [2.24, 2.45) is 0 Å². The third-order valence-corrected chi connectivity index (χ3v) is 4.89. The highest BCUT2D eigenvalue weighted by atomic mass is 16.5. The highest BCUT2D eigenvalue weighted by Gasteiger charge is 2.21. The van der Waals surface area contributed by atoms with Gasteiger partial charge in [0.15, 0.2) is 0 Å². The second kappa shape index (κ2) is 13.5. The molecule has 3 amide bonds. The third kappa shape index (κ3) is 8.64. The van der Waals surface area contributed by atoms with Crippen LogP contribution in [0.3, 0.4) is 0 Å². The van der Waals surface area contributed by atoms with Crippen LogP contribution in [-0.2, 0) is 25.7 Å². The maximum Gasteiger partial charge on any atom is 0.407 e. The molecule has 0 unspecified atom stereocenters. The van der Waals surface area contributed by atoms with Crippen molar-refractivity contribution >= 4 is 30.1 Å². The Kier molecular flexibility index (Phi) is 10.4. The molecule has 9 nitrogen and oxygen atoms in total. The first kappa shape index (κ1) is 25.4. The first-order valence-corrected chi connectivity index (χ1v) is 10.6. The molecule has 176 valence electrons. The lowest BCUT2D eigenvalue weighted by Gasteiger charge is -2.17. The number of amides is 3. The van der Waals surface area contributed by atoms with Crippen LogP contribution < -0.4 is 15.5 Å². The Morgan fingerprint density at radius 2 is 1.73 bits per heavy atom. The van der Waals surface area contributed by atoms with Gasteiger partial charge in [0.2, 0.25) is 6.41 Å². The maximum atomic E-state index is 12.5. The number of alkyl carbamates (subject to hydrolysis) is 1. The Bertz CT molecular complexity index is 918. The number of nitrogens with zero attached hydrogens (tertiary/aromatic N) is 1. The molecule has 0 aliphatic heterocycles. The van der Waals surface area contributed by atoms with Crippen molar-refractivity contribution < 1.29 is 28.7 Å². The molecular weight excluding hydrogens is 426 g/mol. The second-order valence-corrected chi connectivity index (χ2v) is 7.30. The molecule has 0 saturated heterocycles. The van der Waals surface area contributed by atoms with Crippen molar-refractivity contribution in [3.8, 4) is 0 Å². The number of methoxy groups -OCH3 is 1. The smallest absolute Gasteiger partial charge is 0.407 e. The Morgan fingerprint density at radius 1 is 1.03 bits per heavy atom. The van der Waals surface area contributed by atoms with Crippen LogP contribution in [0.15, 0.2) is 54.6 Å². The number of hydrogen-bond acceptors (Lipinski definition) is 6. The molecule has 0 spiro atoms. The Morgan fingerprint density at radius 3 is 2.36 bits per heavy atom. The lowest BCUT2D eigenvalue weighted by atomic mass is 10.1. The quantitative estimate of drug-likeness (QED) is 0.289. The van der Waals surface area contributed by atoms with E-state index in [1.165, 1.54) is 12.0 Å². The Hall–Kier alpha value is -3.88. The topological polar surface area (TPSA) is 114 Å². The molecule has 33 heavy (non-hydrogen) atoms. The fourth-order valence-corrected chi connectivity index (χ4v) is 2.98. The number of ether oxygens (including phenoxy) is 2. The summed E-state index contributed by atoms with van der Waals surface area (Å²) in [6.45, 7) is 0.566. The predicted octanol–water partition coefficient (Wildman–Crippen LogP) is 2.65. The summed E-state index contributed by atoms with van der Waals surface area (Å²) in [7, 11) is 2.86. The van der Waals surface area contributed by atoms with E-state index in [-0.39, 0.29) is 6.61 Å². The monoisotopic (exact) mass is 455 g/mol. The minimum absolute atomic E-state index is 0.190. The minimum Gasteiger partial charge on any atom is -0.467 e. The van der Waals surface area contributed by atoms with Gasteiger partial charge in [-0.05, 0) is 49.1 Å². The van der Waals surface area contributed by atoms with Gasteiger partial charge < -0.3 is 25.0 Å². The van der Waals surface area contributed by atoms with Crippen molar-refractivity contribution in [3.63, 3.8) is 0 Å². The van der Waals surface area contributed by atoms with Gasteiger partial charge in [-0.25, -0.2) is 9.59 Å². The van der Waals surface area contributed by atoms with Gasteiger partial charge in [-0.2, -0.15) is 0 Å². The molecule has 0 heterocycles. The minimum atomic E-state index is -0.815. The van der Waals surface area contributed by atoms with E-state index in [9.17, 15) is 19.2 Å². The van der Waals surface area contributed by atoms with Crippen molar-refractivity contribution in [1.29, 1.82) is 0 Å². The summed E-state index contributed by atoms with van der Waals surface area (Å²) < 4.78 is 9.93. The lowest BCUT2D eigenvalue weighted by Crippen LogP contribution is -2.41. The van der Waals surface area contributed by atoms with Gasteiger partial charge in [0.05, 0.1) is 7.11 Å². The molecule has 0 aliphatic rings. The molecule has 0 aromatic heterocycles. The SMILES string of the molecule is COC(=O)[C@@H](CCCCNC(=O)OCc1ccccc1)NC(=O)c1ccc(N(C)C=O)cc1. The van der Waals surface area contributed by atoms with Gasteiger partial charge in [-0.3, -0.25) is 9.59 Å². The van der Waals surface area contributed by atoms with E-state index in [1.54, 1.807) is 31.3 Å². The van der Waals surface area contributed by atoms with Gasteiger partial charge in [0.1, 0.15) is 12.6 Å². The van der Waals surface area contributed by atoms with Crippen molar-refractivity contribution in [2.45, 2.75) is 31.9 Å². The number of anilines is 1. The van der Waals surface area contributed by atoms with Crippen LogP contribution in [0.4, 0.5) is 10.5 Å². The van der Waals surface area contributed by atoms with E-state index in [0.717, 1.165) is 5.56 Å². The Balaban J connectivity index is 1.75. The zero-order valence-corrected chi connectivity index (χ0v) is 18.8. The molecule has 2 aromatic rings. The maximum absolute atomic E-state index is 12.5. The molecule has 1 atom stereocenters. The third-order valence-electron chi connectivity index (χ3n) is 4.89. The van der Waals surface area contributed by atoms with Gasteiger partial charge in [-0.1, -0.05) is 30.3 Å². The molecule has 2 N–H and O–H groups in total. The molecule has 2 rings (SSSR count). The molecule has 0 bridgehead atoms. The van der Waals surface area contributed by atoms with E-state index in [1.807, 2.05) is 30.3 Å². The van der Waals surface area contributed by atoms with Gasteiger partial charge in [0.25, 0.3) is 5.91 Å². The lowest BCUT2D eigenvalue weighted by molar-refractivity contribution is -0.143. The summed E-state index contributed by atoms with van der Waals surface area (Å²) in [6.07, 6.45) is 1.67. The fourth-order valence-electron chi connectivity index (χ4n) is 2.98. The first-order chi connectivity index (χ1) is 15.9. The molecule has 0 aliphatic carbocycles. The number of hydrogen-bond donors (Lipinski definition) is 2. The summed E-state index contributed by atoms with van der Waals surface area (Å²) in [5.74, 6) is -0.968. The van der Waals surface area contributed by atoms with E-state index in [4.69, 9.17) is 9.47 Å². The van der Waals surface area contributed by atoms with Gasteiger partial charge in [-0.15, -0.1) is 0 Å². The highest BCUT2D eigenvalue weighted by molar-refractivity contribution is 5.97. The average molecular weight is 456 g/mol. The summed E-state index contributed by atoms with van der Waals surface area (Å²) in [5, 5.41) is 5.34. The molecule has 2 aromatic carbocycles. The number of unbranched alkanes of at least 4 members (excludes halogenated alkanes) is 1. The molecule has 0 saturated carbocycles. The molecule has 9 heteroatoms. The second-order valence-electron chi connectivity index (χ2n) is 7.30. The van der Waals surface area contributed by atoms with Crippen LogP contribution in [0.25, 0.3) is 0 Å². The van der Waals surface area contributed by atoms with E-state index < -0.39 is 24.0 Å². The zero-order chi connectivity index (χ0) is 24.1. The predicted molar refractivity (Wildman–Crippen MR) is 123 cm³/mol. The van der Waals surface area contributed by atoms with Crippen LogP contribution in [-0.4, -0.2) is 51.1 Å². The van der Waals surface area contributed by atoms with Crippen molar-refractivity contribution in [1.82, 2.24) is 10.6 Å². The van der Waals surface area contributed by atoms with Gasteiger partial charge in [0, 0.05) is 24.8 Å². The van der Waals surface area contributed by atoms with Gasteiger partial charge >= 0.3 is 12.1 Å². The van der Waals surface area contributed by atoms with Crippen LogP contribution in [0, 0.1) is 0 Å². The Labute approximate surface area is 193 Å². The zero-order valence-electron chi connectivity index (χ0n) is 18.8. The summed E-state index contributed by atoms with van der Waals surface area (Å²) in [5.41, 5.74) is 1.89. The van der Waals surface area contributed by atoms with Crippen molar-refractivity contribution in [3.05, 3.63) is 65.7 Å². The van der Waals surface area contributed by atoms with Crippen molar-refractivity contribution in [2.75, 3.05) is 25.6 Å². The largest absolute Gasteiger partial charge is 0.467 e. The summed E-state index contributed by atoms with van der Waals surface area (Å²) in [6, 6.07) is 15.0. The number of rotatable bonds is 12. The number of carbonyl (C=O) groups is 4. The van der Waals surface area contributed by atoms with E-state index in [2.05, 4.69) is 10.6 Å². The van der Waals surface area contributed by atoms with Crippen LogP contribution >= 0.6 is 0 Å². The number of benzene rings is 2. The number of carbonyl (C=O) groups excluding carboxylic acids is 4. The van der Waals surface area contributed by atoms with Crippen LogP contribution in [0.1, 0.15) is 35.2 Å². The molecule has 0 fully saturated rings. The number of esters is 1. The van der Waals surface area contributed by atoms with E-state index >= 15 is 0 Å². The van der Waals surface area contributed by atoms with Crippen LogP contribution in [0.2, 0.25) is 0 Å². The summed E-state index contributed by atoms with van der Waals surface area (Å²) >= 11 is 0. The average Bonchev–Trinajstić information content (AvgIpc) is 2.86. The molecular formula is C24H29N3O6. The van der Waals surface area contributed by atoms with E-state index in [0.29, 0.717) is 43.5 Å². The fraction of sp³-hybridized carbons (Fsp3) is 0.333. The summed E-state index contributed by atoms with van der Waals surface area (Å²) in [4.78, 5) is 48.6. The highest BCUT2D eigenvalue weighted by Crippen LogP contribution is 2.13. The molecule has 0 radical (unpaired) electrons. The standard InChI is InChI=1S/C24H29N3O6/c1-27(17-28)20-13-11-19(12-14-20)22(29)26-21(23(30)32-2)10-6-7-15-25-24(31)33-16-18-8-4-3-5-9-18/h3-5,8-9,11-14,17,21H,6-7,10,15-16H2,1-2H3,(H,25,31)(H,26,29)/t21-/m1/s1. The normalized spacial score (nSPS) is 11.1. The van der Waals surface area contributed by atoms with Crippen LogP contribution in [0.5, 0.6) is 0 Å². The first-order valence-electron chi connectivity index (χ1n) is 10.6. The number of nitrogens with one attached hydrogen (secondary N) is 2.